The van der Waals surface area contributed by atoms with E-state index in [-0.39, 0.29) is 23.7 Å². The predicted molar refractivity (Wildman–Crippen MR) is 82.0 cm³/mol. The van der Waals surface area contributed by atoms with Gasteiger partial charge in [0.15, 0.2) is 6.10 Å². The van der Waals surface area contributed by atoms with Crippen LogP contribution in [-0.2, 0) is 9.63 Å². The molecule has 0 N–H and O–H groups in total. The van der Waals surface area contributed by atoms with Crippen LogP contribution in [0.3, 0.4) is 0 Å². The van der Waals surface area contributed by atoms with E-state index >= 15 is 0 Å². The van der Waals surface area contributed by atoms with Crippen LogP contribution in [0.25, 0.3) is 0 Å². The first-order chi connectivity index (χ1) is 10.6. The highest BCUT2D eigenvalue weighted by molar-refractivity contribution is 6.01. The molecule has 1 aliphatic heterocycles. The lowest BCUT2D eigenvalue weighted by Crippen LogP contribution is -2.37. The number of rotatable bonds is 4. The number of likely N-dealkylation sites (N-methyl/N-ethyl adjacent to an activating group) is 1. The Bertz CT molecular complexity index is 565. The zero-order valence-corrected chi connectivity index (χ0v) is 12.8. The van der Waals surface area contributed by atoms with Crippen LogP contribution in [0.1, 0.15) is 37.7 Å². The fraction of sp³-hybridized carbons (Fsp3) is 0.529. The molecule has 22 heavy (non-hydrogen) atoms. The number of oxime groups is 1. The Kier molecular flexibility index (Phi) is 4.41. The van der Waals surface area contributed by atoms with Crippen molar-refractivity contribution >= 4 is 11.6 Å². The summed E-state index contributed by atoms with van der Waals surface area (Å²) in [6.07, 6.45) is 4.85. The monoisotopic (exact) mass is 304 g/mol. The number of benzene rings is 1. The van der Waals surface area contributed by atoms with Gasteiger partial charge in [0.05, 0.1) is 12.3 Å². The summed E-state index contributed by atoms with van der Waals surface area (Å²) in [6, 6.07) is 6.24. The van der Waals surface area contributed by atoms with Crippen molar-refractivity contribution in [2.75, 3.05) is 13.6 Å². The molecule has 1 fully saturated rings. The summed E-state index contributed by atoms with van der Waals surface area (Å²) in [4.78, 5) is 19.5. The molecule has 5 heteroatoms. The van der Waals surface area contributed by atoms with Gasteiger partial charge in [-0.1, -0.05) is 30.1 Å². The van der Waals surface area contributed by atoms with E-state index < -0.39 is 0 Å². The van der Waals surface area contributed by atoms with Crippen molar-refractivity contribution in [1.82, 2.24) is 4.90 Å². The van der Waals surface area contributed by atoms with Gasteiger partial charge in [-0.2, -0.15) is 0 Å². The van der Waals surface area contributed by atoms with Gasteiger partial charge >= 0.3 is 0 Å². The molecule has 3 rings (SSSR count). The van der Waals surface area contributed by atoms with Gasteiger partial charge in [0.2, 0.25) is 5.91 Å². The normalized spacial score (nSPS) is 21.5. The summed E-state index contributed by atoms with van der Waals surface area (Å²) >= 11 is 0. The van der Waals surface area contributed by atoms with Crippen molar-refractivity contribution in [3.63, 3.8) is 0 Å². The Balaban J connectivity index is 1.53. The van der Waals surface area contributed by atoms with E-state index in [4.69, 9.17) is 4.84 Å². The van der Waals surface area contributed by atoms with Crippen LogP contribution in [-0.4, -0.2) is 36.2 Å². The van der Waals surface area contributed by atoms with Crippen molar-refractivity contribution in [2.45, 2.75) is 38.2 Å². The summed E-state index contributed by atoms with van der Waals surface area (Å²) in [6.45, 7) is 0.545. The van der Waals surface area contributed by atoms with Gasteiger partial charge in [-0.25, -0.2) is 4.39 Å². The van der Waals surface area contributed by atoms with Gasteiger partial charge in [0.1, 0.15) is 5.82 Å². The quantitative estimate of drug-likeness (QED) is 0.858. The first-order valence-electron chi connectivity index (χ1n) is 7.87. The van der Waals surface area contributed by atoms with E-state index in [2.05, 4.69) is 5.16 Å². The molecule has 0 saturated heterocycles. The molecule has 118 valence electrons. The van der Waals surface area contributed by atoms with Gasteiger partial charge in [-0.3, -0.25) is 4.79 Å². The minimum absolute atomic E-state index is 0.115. The second-order valence-electron chi connectivity index (χ2n) is 6.18. The molecule has 0 unspecified atom stereocenters. The van der Waals surface area contributed by atoms with Crippen LogP contribution in [0.5, 0.6) is 0 Å². The van der Waals surface area contributed by atoms with E-state index in [0.717, 1.165) is 37.0 Å². The molecule has 2 aliphatic rings. The van der Waals surface area contributed by atoms with Gasteiger partial charge in [0, 0.05) is 19.4 Å². The Hall–Kier alpha value is -1.91. The molecule has 1 aromatic rings. The van der Waals surface area contributed by atoms with Crippen LogP contribution in [0.4, 0.5) is 4.39 Å². The number of carbonyl (C=O) groups excluding carboxylic acids is 1. The maximum atomic E-state index is 12.9. The van der Waals surface area contributed by atoms with Crippen molar-refractivity contribution in [3.8, 4) is 0 Å². The maximum Gasteiger partial charge on any atom is 0.225 e. The molecule has 1 atom stereocenters. The molecule has 1 aromatic carbocycles. The Labute approximate surface area is 129 Å². The van der Waals surface area contributed by atoms with Crippen LogP contribution in [0.15, 0.2) is 29.4 Å². The van der Waals surface area contributed by atoms with Gasteiger partial charge in [0.25, 0.3) is 0 Å². The highest BCUT2D eigenvalue weighted by Crippen LogP contribution is 2.27. The van der Waals surface area contributed by atoms with Crippen molar-refractivity contribution in [3.05, 3.63) is 35.6 Å². The highest BCUT2D eigenvalue weighted by Gasteiger charge is 2.29. The SMILES string of the molecule is CN(C[C@@H]1CC(c2ccc(F)cc2)=NO1)C(=O)C1CCCC1. The van der Waals surface area contributed by atoms with E-state index in [1.165, 1.54) is 12.1 Å². The fourth-order valence-corrected chi connectivity index (χ4v) is 3.22. The fourth-order valence-electron chi connectivity index (χ4n) is 3.22. The summed E-state index contributed by atoms with van der Waals surface area (Å²) < 4.78 is 12.9. The lowest BCUT2D eigenvalue weighted by molar-refractivity contribution is -0.135. The van der Waals surface area contributed by atoms with Gasteiger partial charge in [-0.15, -0.1) is 0 Å². The molecule has 0 aromatic heterocycles. The third kappa shape index (κ3) is 3.29. The summed E-state index contributed by atoms with van der Waals surface area (Å²) in [7, 11) is 1.83. The third-order valence-corrected chi connectivity index (χ3v) is 4.47. The molecule has 0 spiro atoms. The lowest BCUT2D eigenvalue weighted by Gasteiger charge is -2.23. The van der Waals surface area contributed by atoms with Crippen LogP contribution < -0.4 is 0 Å². The molecule has 1 saturated carbocycles. The zero-order valence-electron chi connectivity index (χ0n) is 12.8. The van der Waals surface area contributed by atoms with E-state index in [1.54, 1.807) is 17.0 Å². The summed E-state index contributed by atoms with van der Waals surface area (Å²) in [5.41, 5.74) is 1.68. The topological polar surface area (TPSA) is 41.9 Å². The van der Waals surface area contributed by atoms with Crippen molar-refractivity contribution in [1.29, 1.82) is 0 Å². The Morgan fingerprint density at radius 2 is 2.00 bits per heavy atom. The van der Waals surface area contributed by atoms with Crippen LogP contribution >= 0.6 is 0 Å². The predicted octanol–water partition coefficient (Wildman–Crippen LogP) is 2.97. The maximum absolute atomic E-state index is 12.9. The number of carbonyl (C=O) groups is 1. The van der Waals surface area contributed by atoms with Crippen LogP contribution in [0.2, 0.25) is 0 Å². The van der Waals surface area contributed by atoms with Gasteiger partial charge < -0.3 is 9.74 Å². The lowest BCUT2D eigenvalue weighted by atomic mass is 10.0. The third-order valence-electron chi connectivity index (χ3n) is 4.47. The first-order valence-corrected chi connectivity index (χ1v) is 7.87. The van der Waals surface area contributed by atoms with E-state index in [9.17, 15) is 9.18 Å². The van der Waals surface area contributed by atoms with E-state index in [0.29, 0.717) is 13.0 Å². The Morgan fingerprint density at radius 1 is 1.32 bits per heavy atom. The van der Waals surface area contributed by atoms with E-state index in [1.807, 2.05) is 7.05 Å². The zero-order chi connectivity index (χ0) is 15.5. The van der Waals surface area contributed by atoms with Crippen molar-refractivity contribution < 1.29 is 14.0 Å². The number of hydrogen-bond donors (Lipinski definition) is 0. The number of halogens is 1. The molecular weight excluding hydrogens is 283 g/mol. The summed E-state index contributed by atoms with van der Waals surface area (Å²) in [5, 5.41) is 4.08. The standard InChI is InChI=1S/C17H21FN2O2/c1-20(17(21)13-4-2-3-5-13)11-15-10-16(19-22-15)12-6-8-14(18)9-7-12/h6-9,13,15H,2-5,10-11H2,1H3/t15-/m0/s1. The second kappa shape index (κ2) is 6.46. The first kappa shape index (κ1) is 15.0. The molecule has 0 radical (unpaired) electrons. The molecular formula is C17H21FN2O2. The molecule has 4 nitrogen and oxygen atoms in total. The minimum Gasteiger partial charge on any atom is -0.390 e. The minimum atomic E-state index is -0.262. The average Bonchev–Trinajstić information content (AvgIpc) is 3.18. The highest BCUT2D eigenvalue weighted by atomic mass is 19.1. The molecule has 1 aliphatic carbocycles. The molecule has 1 amide bonds. The largest absolute Gasteiger partial charge is 0.390 e. The van der Waals surface area contributed by atoms with Gasteiger partial charge in [-0.05, 0) is 30.5 Å². The summed E-state index contributed by atoms with van der Waals surface area (Å²) in [5.74, 6) is 0.141. The number of nitrogens with zero attached hydrogens (tertiary/aromatic N) is 2. The number of hydrogen-bond acceptors (Lipinski definition) is 3. The number of amides is 1. The second-order valence-corrected chi connectivity index (χ2v) is 6.18. The Morgan fingerprint density at radius 3 is 2.68 bits per heavy atom. The molecule has 1 heterocycles. The van der Waals surface area contributed by atoms with Crippen molar-refractivity contribution in [2.24, 2.45) is 11.1 Å². The molecule has 0 bridgehead atoms. The average molecular weight is 304 g/mol. The van der Waals surface area contributed by atoms with Crippen LogP contribution in [0, 0.1) is 11.7 Å². The smallest absolute Gasteiger partial charge is 0.225 e.